The Morgan fingerprint density at radius 1 is 1.25 bits per heavy atom. The molecule has 5 nitrogen and oxygen atoms in total. The van der Waals surface area contributed by atoms with E-state index in [1.165, 1.54) is 0 Å². The number of nitrogens with zero attached hydrogens (tertiary/aromatic N) is 1. The molecule has 112 valence electrons. The van der Waals surface area contributed by atoms with E-state index in [1.54, 1.807) is 14.2 Å². The Morgan fingerprint density at radius 3 is 2.35 bits per heavy atom. The van der Waals surface area contributed by atoms with Gasteiger partial charge in [0.25, 0.3) is 0 Å². The van der Waals surface area contributed by atoms with Crippen molar-refractivity contribution in [2.75, 3.05) is 20.8 Å². The lowest BCUT2D eigenvalue weighted by Gasteiger charge is -2.32. The molecule has 0 aliphatic heterocycles. The lowest BCUT2D eigenvalue weighted by Crippen LogP contribution is -2.37. The molecule has 5 heteroatoms. The fraction of sp³-hybridized carbons (Fsp3) is 0.533. The fourth-order valence-corrected chi connectivity index (χ4v) is 2.27. The van der Waals surface area contributed by atoms with Gasteiger partial charge in [0.1, 0.15) is 11.5 Å². The van der Waals surface area contributed by atoms with Gasteiger partial charge in [0.05, 0.1) is 20.8 Å². The summed E-state index contributed by atoms with van der Waals surface area (Å²) in [7, 11) is 3.20. The molecule has 1 aromatic rings. The summed E-state index contributed by atoms with van der Waals surface area (Å²) in [5.41, 5.74) is 0.947. The van der Waals surface area contributed by atoms with E-state index < -0.39 is 5.97 Å². The van der Waals surface area contributed by atoms with Crippen LogP contribution in [0.4, 0.5) is 0 Å². The number of methoxy groups -OCH3 is 2. The molecule has 1 unspecified atom stereocenters. The van der Waals surface area contributed by atoms with Crippen molar-refractivity contribution in [2.24, 2.45) is 0 Å². The molecule has 0 heterocycles. The predicted molar refractivity (Wildman–Crippen MR) is 77.4 cm³/mol. The lowest BCUT2D eigenvalue weighted by molar-refractivity contribution is -0.139. The number of hydrogen-bond acceptors (Lipinski definition) is 4. The van der Waals surface area contributed by atoms with E-state index in [4.69, 9.17) is 14.6 Å². The highest BCUT2D eigenvalue weighted by molar-refractivity contribution is 5.69. The third-order valence-corrected chi connectivity index (χ3v) is 3.37. The quantitative estimate of drug-likeness (QED) is 0.832. The molecule has 0 aliphatic carbocycles. The van der Waals surface area contributed by atoms with Crippen LogP contribution in [-0.4, -0.2) is 42.8 Å². The summed E-state index contributed by atoms with van der Waals surface area (Å²) in [5, 5.41) is 9.04. The number of rotatable bonds is 7. The topological polar surface area (TPSA) is 59.0 Å². The van der Waals surface area contributed by atoms with Crippen LogP contribution in [0.25, 0.3) is 0 Å². The molecular formula is C15H23NO4. The van der Waals surface area contributed by atoms with Crippen LogP contribution in [0.15, 0.2) is 18.2 Å². The third-order valence-electron chi connectivity index (χ3n) is 3.37. The van der Waals surface area contributed by atoms with Crippen molar-refractivity contribution in [3.63, 3.8) is 0 Å². The lowest BCUT2D eigenvalue weighted by atomic mass is 10.0. The second-order valence-corrected chi connectivity index (χ2v) is 4.94. The molecule has 20 heavy (non-hydrogen) atoms. The van der Waals surface area contributed by atoms with E-state index in [0.29, 0.717) is 11.5 Å². The predicted octanol–water partition coefficient (Wildman–Crippen LogP) is 2.56. The Balaban J connectivity index is 3.10. The van der Waals surface area contributed by atoms with Gasteiger partial charge in [-0.2, -0.15) is 0 Å². The van der Waals surface area contributed by atoms with Crippen LogP contribution >= 0.6 is 0 Å². The van der Waals surface area contributed by atoms with Gasteiger partial charge in [0.2, 0.25) is 0 Å². The first kappa shape index (κ1) is 16.3. The highest BCUT2D eigenvalue weighted by Crippen LogP contribution is 2.33. The molecule has 0 spiro atoms. The molecule has 1 atom stereocenters. The van der Waals surface area contributed by atoms with E-state index in [0.717, 1.165) is 5.56 Å². The summed E-state index contributed by atoms with van der Waals surface area (Å²) < 4.78 is 10.6. The maximum Gasteiger partial charge on any atom is 0.317 e. The monoisotopic (exact) mass is 281 g/mol. The molecule has 0 aromatic heterocycles. The Bertz CT molecular complexity index is 459. The van der Waals surface area contributed by atoms with Crippen LogP contribution < -0.4 is 9.47 Å². The summed E-state index contributed by atoms with van der Waals surface area (Å²) in [4.78, 5) is 12.9. The molecular weight excluding hydrogens is 258 g/mol. The van der Waals surface area contributed by atoms with E-state index in [-0.39, 0.29) is 18.6 Å². The maximum atomic E-state index is 11.0. The number of carboxylic acids is 1. The van der Waals surface area contributed by atoms with E-state index in [1.807, 2.05) is 43.9 Å². The van der Waals surface area contributed by atoms with E-state index >= 15 is 0 Å². The third kappa shape index (κ3) is 3.87. The average Bonchev–Trinajstić information content (AvgIpc) is 2.42. The highest BCUT2D eigenvalue weighted by atomic mass is 16.5. The van der Waals surface area contributed by atoms with Crippen molar-refractivity contribution in [3.8, 4) is 11.5 Å². The second-order valence-electron chi connectivity index (χ2n) is 4.94. The maximum absolute atomic E-state index is 11.0. The molecule has 0 aliphatic rings. The molecule has 0 fully saturated rings. The first-order valence-corrected chi connectivity index (χ1v) is 6.60. The fourth-order valence-electron chi connectivity index (χ4n) is 2.27. The Labute approximate surface area is 120 Å². The molecule has 0 radical (unpaired) electrons. The summed E-state index contributed by atoms with van der Waals surface area (Å²) in [6, 6.07) is 5.64. The normalized spacial score (nSPS) is 12.6. The molecule has 0 bridgehead atoms. The van der Waals surface area contributed by atoms with Gasteiger partial charge in [-0.05, 0) is 26.8 Å². The standard InChI is InChI=1S/C15H23NO4/c1-10(2)16(9-15(17)18)11(3)13-7-6-12(19-4)8-14(13)20-5/h6-8,10-11H,9H2,1-5H3,(H,17,18). The van der Waals surface area contributed by atoms with Gasteiger partial charge >= 0.3 is 5.97 Å². The first-order chi connectivity index (χ1) is 9.40. The highest BCUT2D eigenvalue weighted by Gasteiger charge is 2.23. The Kier molecular flexibility index (Phi) is 5.82. The van der Waals surface area contributed by atoms with Crippen molar-refractivity contribution < 1.29 is 19.4 Å². The second kappa shape index (κ2) is 7.14. The molecule has 0 saturated carbocycles. The minimum absolute atomic E-state index is 0.00594. The van der Waals surface area contributed by atoms with Crippen molar-refractivity contribution >= 4 is 5.97 Å². The number of carboxylic acid groups (broad SMARTS) is 1. The van der Waals surface area contributed by atoms with Gasteiger partial charge in [-0.15, -0.1) is 0 Å². The largest absolute Gasteiger partial charge is 0.497 e. The molecule has 1 rings (SSSR count). The minimum Gasteiger partial charge on any atom is -0.497 e. The zero-order valence-corrected chi connectivity index (χ0v) is 12.7. The van der Waals surface area contributed by atoms with Crippen molar-refractivity contribution in [1.29, 1.82) is 0 Å². The summed E-state index contributed by atoms with van der Waals surface area (Å²) in [5.74, 6) is 0.582. The molecule has 0 saturated heterocycles. The number of hydrogen-bond donors (Lipinski definition) is 1. The summed E-state index contributed by atoms with van der Waals surface area (Å²) in [6.45, 7) is 5.94. The van der Waals surface area contributed by atoms with Crippen LogP contribution in [-0.2, 0) is 4.79 Å². The molecule has 1 aromatic carbocycles. The van der Waals surface area contributed by atoms with Gasteiger partial charge in [-0.25, -0.2) is 0 Å². The number of benzene rings is 1. The summed E-state index contributed by atoms with van der Waals surface area (Å²) >= 11 is 0. The van der Waals surface area contributed by atoms with Crippen LogP contribution in [0.2, 0.25) is 0 Å². The number of aliphatic carboxylic acids is 1. The number of carbonyl (C=O) groups is 1. The van der Waals surface area contributed by atoms with Crippen molar-refractivity contribution in [1.82, 2.24) is 4.90 Å². The Hall–Kier alpha value is -1.75. The minimum atomic E-state index is -0.835. The summed E-state index contributed by atoms with van der Waals surface area (Å²) in [6.07, 6.45) is 0. The van der Waals surface area contributed by atoms with Crippen LogP contribution in [0, 0.1) is 0 Å². The zero-order chi connectivity index (χ0) is 15.3. The van der Waals surface area contributed by atoms with E-state index in [9.17, 15) is 4.79 Å². The van der Waals surface area contributed by atoms with Crippen molar-refractivity contribution in [2.45, 2.75) is 32.9 Å². The van der Waals surface area contributed by atoms with Gasteiger partial charge in [-0.1, -0.05) is 6.07 Å². The van der Waals surface area contributed by atoms with Gasteiger partial charge in [0, 0.05) is 23.7 Å². The van der Waals surface area contributed by atoms with Crippen LogP contribution in [0.5, 0.6) is 11.5 Å². The SMILES string of the molecule is COc1ccc(C(C)N(CC(=O)O)C(C)C)c(OC)c1. The van der Waals surface area contributed by atoms with Crippen LogP contribution in [0.1, 0.15) is 32.4 Å². The molecule has 0 amide bonds. The molecule has 1 N–H and O–H groups in total. The zero-order valence-electron chi connectivity index (χ0n) is 12.7. The van der Waals surface area contributed by atoms with Crippen molar-refractivity contribution in [3.05, 3.63) is 23.8 Å². The number of ether oxygens (including phenoxy) is 2. The first-order valence-electron chi connectivity index (χ1n) is 6.60. The smallest absolute Gasteiger partial charge is 0.317 e. The van der Waals surface area contributed by atoms with Gasteiger partial charge in [0.15, 0.2) is 0 Å². The van der Waals surface area contributed by atoms with Crippen LogP contribution in [0.3, 0.4) is 0 Å². The van der Waals surface area contributed by atoms with Gasteiger partial charge < -0.3 is 14.6 Å². The Morgan fingerprint density at radius 2 is 1.90 bits per heavy atom. The van der Waals surface area contributed by atoms with E-state index in [2.05, 4.69) is 0 Å². The van der Waals surface area contributed by atoms with Gasteiger partial charge in [-0.3, -0.25) is 9.69 Å². The average molecular weight is 281 g/mol.